The minimum atomic E-state index is -0.665. The van der Waals surface area contributed by atoms with Crippen molar-refractivity contribution in [3.05, 3.63) is 35.9 Å². The third-order valence-corrected chi connectivity index (χ3v) is 4.72. The molecule has 0 spiro atoms. The molecule has 1 saturated carbocycles. The fourth-order valence-electron chi connectivity index (χ4n) is 3.86. The maximum Gasteiger partial charge on any atom is 0.311 e. The van der Waals surface area contributed by atoms with Gasteiger partial charge in [0.15, 0.2) is 0 Å². The zero-order valence-electron chi connectivity index (χ0n) is 10.6. The lowest BCUT2D eigenvalue weighted by atomic mass is 9.78. The molecule has 1 heterocycles. The minimum absolute atomic E-state index is 0.311. The van der Waals surface area contributed by atoms with E-state index >= 15 is 0 Å². The van der Waals surface area contributed by atoms with Crippen LogP contribution in [0.15, 0.2) is 30.3 Å². The summed E-state index contributed by atoms with van der Waals surface area (Å²) in [5.74, 6) is -0.122. The summed E-state index contributed by atoms with van der Waals surface area (Å²) in [6.07, 6.45) is 2.21. The predicted octanol–water partition coefficient (Wildman–Crippen LogP) is 2.20. The number of hydrogen-bond acceptors (Lipinski definition) is 2. The Bertz CT molecular complexity index is 443. The SMILES string of the molecule is CN1CC2C[C@@H]1CC2C(C(=O)O)c1ccccc1. The second-order valence-electron chi connectivity index (χ2n) is 5.72. The van der Waals surface area contributed by atoms with Crippen molar-refractivity contribution in [1.29, 1.82) is 0 Å². The number of nitrogens with zero attached hydrogens (tertiary/aromatic N) is 1. The van der Waals surface area contributed by atoms with Gasteiger partial charge in [-0.05, 0) is 37.3 Å². The van der Waals surface area contributed by atoms with Crippen molar-refractivity contribution < 1.29 is 9.90 Å². The molecule has 3 rings (SSSR count). The summed E-state index contributed by atoms with van der Waals surface area (Å²) in [6.45, 7) is 1.06. The summed E-state index contributed by atoms with van der Waals surface area (Å²) in [6, 6.07) is 10.3. The van der Waals surface area contributed by atoms with Gasteiger partial charge in [-0.15, -0.1) is 0 Å². The zero-order valence-corrected chi connectivity index (χ0v) is 10.6. The highest BCUT2D eigenvalue weighted by Gasteiger charge is 2.48. The van der Waals surface area contributed by atoms with Gasteiger partial charge in [0.05, 0.1) is 5.92 Å². The van der Waals surface area contributed by atoms with E-state index in [0.717, 1.165) is 18.5 Å². The average Bonchev–Trinajstić information content (AvgIpc) is 2.89. The van der Waals surface area contributed by atoms with E-state index in [1.54, 1.807) is 0 Å². The van der Waals surface area contributed by atoms with E-state index in [1.165, 1.54) is 6.42 Å². The van der Waals surface area contributed by atoms with Crippen molar-refractivity contribution in [3.63, 3.8) is 0 Å². The van der Waals surface area contributed by atoms with Crippen LogP contribution >= 0.6 is 0 Å². The van der Waals surface area contributed by atoms with E-state index in [-0.39, 0.29) is 5.92 Å². The lowest BCUT2D eigenvalue weighted by Gasteiger charge is -2.32. The third-order valence-electron chi connectivity index (χ3n) is 4.72. The van der Waals surface area contributed by atoms with E-state index in [0.29, 0.717) is 17.9 Å². The highest BCUT2D eigenvalue weighted by molar-refractivity contribution is 5.76. The van der Waals surface area contributed by atoms with E-state index in [2.05, 4.69) is 11.9 Å². The van der Waals surface area contributed by atoms with Crippen molar-refractivity contribution in [2.75, 3.05) is 13.6 Å². The molecule has 3 nitrogen and oxygen atoms in total. The molecule has 2 bridgehead atoms. The van der Waals surface area contributed by atoms with Crippen molar-refractivity contribution in [2.24, 2.45) is 11.8 Å². The molecule has 3 heteroatoms. The summed E-state index contributed by atoms with van der Waals surface area (Å²) < 4.78 is 0. The molecule has 96 valence electrons. The number of aliphatic carboxylic acids is 1. The first kappa shape index (κ1) is 11.7. The molecule has 1 aliphatic carbocycles. The maximum atomic E-state index is 11.6. The first-order valence-corrected chi connectivity index (χ1v) is 6.65. The number of likely N-dealkylation sites (tertiary alicyclic amines) is 1. The van der Waals surface area contributed by atoms with Gasteiger partial charge < -0.3 is 10.0 Å². The van der Waals surface area contributed by atoms with E-state index in [9.17, 15) is 9.90 Å². The fourth-order valence-corrected chi connectivity index (χ4v) is 3.86. The Balaban J connectivity index is 1.87. The van der Waals surface area contributed by atoms with E-state index in [1.807, 2.05) is 30.3 Å². The Morgan fingerprint density at radius 1 is 1.33 bits per heavy atom. The smallest absolute Gasteiger partial charge is 0.311 e. The van der Waals surface area contributed by atoms with Crippen molar-refractivity contribution in [3.8, 4) is 0 Å². The molecule has 1 N–H and O–H groups in total. The monoisotopic (exact) mass is 245 g/mol. The van der Waals surface area contributed by atoms with Gasteiger partial charge in [0.25, 0.3) is 0 Å². The fraction of sp³-hybridized carbons (Fsp3) is 0.533. The van der Waals surface area contributed by atoms with Gasteiger partial charge in [-0.2, -0.15) is 0 Å². The number of rotatable bonds is 3. The molecule has 0 radical (unpaired) electrons. The first-order valence-electron chi connectivity index (χ1n) is 6.65. The summed E-state index contributed by atoms with van der Waals surface area (Å²) in [7, 11) is 2.15. The quantitative estimate of drug-likeness (QED) is 0.887. The number of benzene rings is 1. The topological polar surface area (TPSA) is 40.5 Å². The number of carbonyl (C=O) groups is 1. The van der Waals surface area contributed by atoms with Gasteiger partial charge in [-0.1, -0.05) is 30.3 Å². The molecule has 1 aromatic carbocycles. The largest absolute Gasteiger partial charge is 0.481 e. The summed E-state index contributed by atoms with van der Waals surface area (Å²) in [4.78, 5) is 14.0. The number of carboxylic acid groups (broad SMARTS) is 1. The van der Waals surface area contributed by atoms with Gasteiger partial charge in [-0.25, -0.2) is 0 Å². The molecular weight excluding hydrogens is 226 g/mol. The molecule has 18 heavy (non-hydrogen) atoms. The molecule has 0 aromatic heterocycles. The van der Waals surface area contributed by atoms with Crippen LogP contribution in [0, 0.1) is 11.8 Å². The number of carboxylic acids is 1. The van der Waals surface area contributed by atoms with Crippen LogP contribution in [-0.2, 0) is 4.79 Å². The molecule has 1 aliphatic heterocycles. The minimum Gasteiger partial charge on any atom is -0.481 e. The molecular formula is C15H19NO2. The summed E-state index contributed by atoms with van der Waals surface area (Å²) in [5.41, 5.74) is 0.963. The normalized spacial score (nSPS) is 32.6. The van der Waals surface area contributed by atoms with E-state index in [4.69, 9.17) is 0 Å². The van der Waals surface area contributed by atoms with Crippen LogP contribution in [0.5, 0.6) is 0 Å². The number of fused-ring (bicyclic) bond motifs is 2. The molecule has 1 saturated heterocycles. The number of hydrogen-bond donors (Lipinski definition) is 1. The van der Waals surface area contributed by atoms with Gasteiger partial charge in [-0.3, -0.25) is 4.79 Å². The molecule has 0 amide bonds. The maximum absolute atomic E-state index is 11.6. The second kappa shape index (κ2) is 4.39. The summed E-state index contributed by atoms with van der Waals surface area (Å²) >= 11 is 0. The van der Waals surface area contributed by atoms with Gasteiger partial charge in [0.2, 0.25) is 0 Å². The lowest BCUT2D eigenvalue weighted by molar-refractivity contribution is -0.140. The summed E-state index contributed by atoms with van der Waals surface area (Å²) in [5, 5.41) is 9.57. The van der Waals surface area contributed by atoms with Crippen LogP contribution in [0.4, 0.5) is 0 Å². The van der Waals surface area contributed by atoms with Crippen molar-refractivity contribution in [1.82, 2.24) is 4.90 Å². The van der Waals surface area contributed by atoms with Crippen LogP contribution in [0.25, 0.3) is 0 Å². The standard InChI is InChI=1S/C15H19NO2/c1-16-9-11-7-12(16)8-13(11)14(15(17)18)10-5-3-2-4-6-10/h2-6,11-14H,7-9H2,1H3,(H,17,18)/t11?,12-,13?,14?/m1/s1. The molecule has 1 aromatic rings. The zero-order chi connectivity index (χ0) is 12.7. The predicted molar refractivity (Wildman–Crippen MR) is 69.5 cm³/mol. The second-order valence-corrected chi connectivity index (χ2v) is 5.72. The van der Waals surface area contributed by atoms with Crippen LogP contribution < -0.4 is 0 Å². The molecule has 2 fully saturated rings. The highest BCUT2D eigenvalue weighted by atomic mass is 16.4. The average molecular weight is 245 g/mol. The molecule has 3 unspecified atom stereocenters. The molecule has 2 aliphatic rings. The van der Waals surface area contributed by atoms with Crippen molar-refractivity contribution in [2.45, 2.75) is 24.8 Å². The van der Waals surface area contributed by atoms with Crippen LogP contribution in [0.2, 0.25) is 0 Å². The van der Waals surface area contributed by atoms with Crippen LogP contribution in [0.3, 0.4) is 0 Å². The Morgan fingerprint density at radius 2 is 2.06 bits per heavy atom. The van der Waals surface area contributed by atoms with E-state index < -0.39 is 5.97 Å². The Kier molecular flexibility index (Phi) is 2.86. The molecule has 4 atom stereocenters. The van der Waals surface area contributed by atoms with Gasteiger partial charge in [0.1, 0.15) is 0 Å². The first-order chi connectivity index (χ1) is 8.66. The van der Waals surface area contributed by atoms with Crippen LogP contribution in [-0.4, -0.2) is 35.6 Å². The Labute approximate surface area is 107 Å². The Morgan fingerprint density at radius 3 is 2.56 bits per heavy atom. The highest BCUT2D eigenvalue weighted by Crippen LogP contribution is 2.47. The Hall–Kier alpha value is -1.35. The van der Waals surface area contributed by atoms with Gasteiger partial charge >= 0.3 is 5.97 Å². The van der Waals surface area contributed by atoms with Crippen molar-refractivity contribution >= 4 is 5.97 Å². The lowest BCUT2D eigenvalue weighted by Crippen LogP contribution is -2.36. The van der Waals surface area contributed by atoms with Crippen LogP contribution in [0.1, 0.15) is 24.3 Å². The van der Waals surface area contributed by atoms with Gasteiger partial charge in [0, 0.05) is 12.6 Å². The third kappa shape index (κ3) is 1.83. The number of piperidine rings is 1.